The summed E-state index contributed by atoms with van der Waals surface area (Å²) in [5.41, 5.74) is -1.20. The van der Waals surface area contributed by atoms with Gasteiger partial charge in [0.25, 0.3) is 0 Å². The van der Waals surface area contributed by atoms with E-state index in [0.717, 1.165) is 48.8 Å². The summed E-state index contributed by atoms with van der Waals surface area (Å²) in [4.78, 5) is 39.2. The minimum absolute atomic E-state index is 0.109. The standard InChI is InChI=1S/C25H26ClF4N3O4S/c1-15(24(36)32-17-4-2-3-5-17)33(19-10-11-21(26)20(12-19)25(28,29)30)23(35)14-38(37)13-22(34)31-18-8-6-16(27)7-9-18/h6-12,15,17H,2-5,13-14H2,1H3,(H,31,34)(H,32,36)/t15-,38-/m1/s1. The van der Waals surface area contributed by atoms with Crippen molar-refractivity contribution >= 4 is 51.5 Å². The van der Waals surface area contributed by atoms with Gasteiger partial charge in [-0.15, -0.1) is 0 Å². The second kappa shape index (κ2) is 12.7. The highest BCUT2D eigenvalue weighted by molar-refractivity contribution is 7.86. The average Bonchev–Trinajstić information content (AvgIpc) is 3.33. The van der Waals surface area contributed by atoms with Gasteiger partial charge in [-0.25, -0.2) is 4.39 Å². The molecule has 38 heavy (non-hydrogen) atoms. The molecule has 0 radical (unpaired) electrons. The van der Waals surface area contributed by atoms with Gasteiger partial charge in [0, 0.05) is 28.2 Å². The van der Waals surface area contributed by atoms with E-state index in [1.54, 1.807) is 0 Å². The van der Waals surface area contributed by atoms with Crippen molar-refractivity contribution in [1.82, 2.24) is 5.32 Å². The Bertz CT molecular complexity index is 1200. The molecule has 0 aromatic heterocycles. The molecule has 7 nitrogen and oxygen atoms in total. The molecule has 3 amide bonds. The Hall–Kier alpha value is -2.99. The van der Waals surface area contributed by atoms with Crippen LogP contribution in [-0.4, -0.2) is 45.5 Å². The number of hydrogen-bond donors (Lipinski definition) is 2. The van der Waals surface area contributed by atoms with Crippen molar-refractivity contribution in [3.63, 3.8) is 0 Å². The fraction of sp³-hybridized carbons (Fsp3) is 0.400. The summed E-state index contributed by atoms with van der Waals surface area (Å²) in [6.07, 6.45) is -1.48. The molecule has 0 unspecified atom stereocenters. The van der Waals surface area contributed by atoms with Crippen LogP contribution in [0.5, 0.6) is 0 Å². The third-order valence-electron chi connectivity index (χ3n) is 5.98. The van der Waals surface area contributed by atoms with Crippen LogP contribution in [0.3, 0.4) is 0 Å². The van der Waals surface area contributed by atoms with Gasteiger partial charge < -0.3 is 10.6 Å². The molecule has 1 fully saturated rings. The summed E-state index contributed by atoms with van der Waals surface area (Å²) in [6, 6.07) is 6.27. The first-order valence-corrected chi connectivity index (χ1v) is 13.6. The molecule has 0 heterocycles. The van der Waals surface area contributed by atoms with Gasteiger partial charge >= 0.3 is 6.18 Å². The van der Waals surface area contributed by atoms with E-state index in [-0.39, 0.29) is 17.4 Å². The third kappa shape index (κ3) is 8.00. The van der Waals surface area contributed by atoms with E-state index in [2.05, 4.69) is 10.6 Å². The lowest BCUT2D eigenvalue weighted by Crippen LogP contribution is -2.51. The van der Waals surface area contributed by atoms with Crippen LogP contribution in [0.2, 0.25) is 5.02 Å². The average molecular weight is 576 g/mol. The summed E-state index contributed by atoms with van der Waals surface area (Å²) in [5.74, 6) is -4.06. The number of anilines is 2. The van der Waals surface area contributed by atoms with Gasteiger partial charge in [0.2, 0.25) is 17.7 Å². The van der Waals surface area contributed by atoms with E-state index in [9.17, 15) is 36.2 Å². The van der Waals surface area contributed by atoms with E-state index in [1.165, 1.54) is 25.1 Å². The first kappa shape index (κ1) is 29.6. The largest absolute Gasteiger partial charge is 0.417 e. The number of hydrogen-bond acceptors (Lipinski definition) is 4. The topological polar surface area (TPSA) is 95.6 Å². The molecule has 2 N–H and O–H groups in total. The first-order valence-electron chi connectivity index (χ1n) is 11.7. The Morgan fingerprint density at radius 2 is 1.71 bits per heavy atom. The van der Waals surface area contributed by atoms with Crippen LogP contribution in [0.25, 0.3) is 0 Å². The zero-order chi connectivity index (χ0) is 28.0. The van der Waals surface area contributed by atoms with Crippen molar-refractivity contribution in [2.24, 2.45) is 0 Å². The van der Waals surface area contributed by atoms with Crippen LogP contribution >= 0.6 is 11.6 Å². The molecule has 0 saturated heterocycles. The SMILES string of the molecule is C[C@H](C(=O)NC1CCCC1)N(C(=O)C[S@](=O)CC(=O)Nc1ccc(F)cc1)c1ccc(Cl)c(C(F)(F)F)c1. The fourth-order valence-corrected chi connectivity index (χ4v) is 5.21. The Kier molecular flexibility index (Phi) is 9.88. The number of nitrogens with one attached hydrogen (secondary N) is 2. The van der Waals surface area contributed by atoms with Crippen LogP contribution in [0.1, 0.15) is 38.2 Å². The van der Waals surface area contributed by atoms with Crippen molar-refractivity contribution in [2.75, 3.05) is 21.7 Å². The fourth-order valence-electron chi connectivity index (χ4n) is 4.11. The van der Waals surface area contributed by atoms with E-state index >= 15 is 0 Å². The third-order valence-corrected chi connectivity index (χ3v) is 7.46. The van der Waals surface area contributed by atoms with Crippen LogP contribution in [0.4, 0.5) is 28.9 Å². The summed E-state index contributed by atoms with van der Waals surface area (Å²) in [6.45, 7) is 1.36. The molecule has 1 saturated carbocycles. The molecular formula is C25H26ClF4N3O4S. The van der Waals surface area contributed by atoms with E-state index in [0.29, 0.717) is 6.07 Å². The molecule has 0 aliphatic heterocycles. The van der Waals surface area contributed by atoms with E-state index in [4.69, 9.17) is 11.6 Å². The van der Waals surface area contributed by atoms with Gasteiger partial charge in [0.15, 0.2) is 0 Å². The molecule has 13 heteroatoms. The Morgan fingerprint density at radius 3 is 2.32 bits per heavy atom. The number of amides is 3. The first-order chi connectivity index (χ1) is 17.8. The minimum atomic E-state index is -4.82. The maximum Gasteiger partial charge on any atom is 0.417 e. The van der Waals surface area contributed by atoms with E-state index < -0.39 is 68.6 Å². The van der Waals surface area contributed by atoms with Crippen molar-refractivity contribution < 1.29 is 36.2 Å². The minimum Gasteiger partial charge on any atom is -0.352 e. The molecule has 0 bridgehead atoms. The van der Waals surface area contributed by atoms with Crippen molar-refractivity contribution in [3.05, 3.63) is 58.9 Å². The summed E-state index contributed by atoms with van der Waals surface area (Å²) in [7, 11) is -2.07. The lowest BCUT2D eigenvalue weighted by Gasteiger charge is -2.30. The van der Waals surface area contributed by atoms with Gasteiger partial charge in [0.05, 0.1) is 10.6 Å². The molecule has 1 aliphatic rings. The predicted octanol–water partition coefficient (Wildman–Crippen LogP) is 4.67. The summed E-state index contributed by atoms with van der Waals surface area (Å²) >= 11 is 5.72. The second-order valence-electron chi connectivity index (χ2n) is 8.88. The highest BCUT2D eigenvalue weighted by Crippen LogP contribution is 2.37. The quantitative estimate of drug-likeness (QED) is 0.425. The van der Waals surface area contributed by atoms with Crippen LogP contribution < -0.4 is 15.5 Å². The number of carbonyl (C=O) groups is 3. The number of rotatable bonds is 9. The lowest BCUT2D eigenvalue weighted by molar-refractivity contribution is -0.137. The summed E-state index contributed by atoms with van der Waals surface area (Å²) in [5, 5.41) is 4.64. The molecule has 3 rings (SSSR count). The number of nitrogens with zero attached hydrogens (tertiary/aromatic N) is 1. The monoisotopic (exact) mass is 575 g/mol. The Balaban J connectivity index is 1.79. The Morgan fingerprint density at radius 1 is 1.08 bits per heavy atom. The maximum atomic E-state index is 13.5. The van der Waals surface area contributed by atoms with E-state index in [1.807, 2.05) is 0 Å². The molecule has 0 spiro atoms. The number of halogens is 5. The van der Waals surface area contributed by atoms with Gasteiger partial charge in [0.1, 0.15) is 23.4 Å². The van der Waals surface area contributed by atoms with Gasteiger partial charge in [-0.05, 0) is 62.2 Å². The highest BCUT2D eigenvalue weighted by atomic mass is 35.5. The molecule has 2 aromatic carbocycles. The smallest absolute Gasteiger partial charge is 0.352 e. The van der Waals surface area contributed by atoms with Crippen LogP contribution in [0, 0.1) is 5.82 Å². The molecule has 2 atom stereocenters. The number of alkyl halides is 3. The van der Waals surface area contributed by atoms with Crippen molar-refractivity contribution in [3.8, 4) is 0 Å². The normalized spacial score (nSPS) is 15.5. The van der Waals surface area contributed by atoms with Crippen LogP contribution in [0.15, 0.2) is 42.5 Å². The molecule has 1 aliphatic carbocycles. The molecule has 206 valence electrons. The zero-order valence-corrected chi connectivity index (χ0v) is 21.9. The highest BCUT2D eigenvalue weighted by Gasteiger charge is 2.36. The maximum absolute atomic E-state index is 13.5. The van der Waals surface area contributed by atoms with Gasteiger partial charge in [-0.3, -0.25) is 23.5 Å². The van der Waals surface area contributed by atoms with Crippen molar-refractivity contribution in [2.45, 2.75) is 50.9 Å². The number of benzene rings is 2. The molecule has 2 aromatic rings. The van der Waals surface area contributed by atoms with Gasteiger partial charge in [-0.2, -0.15) is 13.2 Å². The van der Waals surface area contributed by atoms with Crippen molar-refractivity contribution in [1.29, 1.82) is 0 Å². The molecular weight excluding hydrogens is 550 g/mol. The van der Waals surface area contributed by atoms with Crippen LogP contribution in [-0.2, 0) is 31.4 Å². The zero-order valence-electron chi connectivity index (χ0n) is 20.3. The lowest BCUT2D eigenvalue weighted by atomic mass is 10.1. The predicted molar refractivity (Wildman–Crippen MR) is 137 cm³/mol. The number of carbonyl (C=O) groups excluding carboxylic acids is 3. The second-order valence-corrected chi connectivity index (χ2v) is 10.7. The Labute approximate surface area is 224 Å². The summed E-state index contributed by atoms with van der Waals surface area (Å²) < 4.78 is 66.2. The van der Waals surface area contributed by atoms with Gasteiger partial charge in [-0.1, -0.05) is 24.4 Å².